The maximum Gasteiger partial charge on any atom is 0.333 e. The number of carbonyl (C=O) groups is 1. The number of hydrogen-bond donors (Lipinski definition) is 0. The first-order chi connectivity index (χ1) is 15.0. The molecule has 8 heteroatoms. The summed E-state index contributed by atoms with van der Waals surface area (Å²) in [5.41, 5.74) is 0.632. The Balaban J connectivity index is 1.86. The number of hydrogen-bond acceptors (Lipinski definition) is 5. The molecule has 31 heavy (non-hydrogen) atoms. The van der Waals surface area contributed by atoms with Crippen molar-refractivity contribution in [1.29, 1.82) is 0 Å². The summed E-state index contributed by atoms with van der Waals surface area (Å²) in [6.45, 7) is 4.60. The minimum atomic E-state index is -0.524. The summed E-state index contributed by atoms with van der Waals surface area (Å²) in [5.74, 6) is -0.248. The van der Waals surface area contributed by atoms with Crippen LogP contribution in [0, 0.1) is 6.92 Å². The number of Topliss-reactive ketones (excluding diaryl/α,β-unsaturated/α-hetero) is 1. The van der Waals surface area contributed by atoms with E-state index >= 15 is 0 Å². The van der Waals surface area contributed by atoms with Crippen molar-refractivity contribution in [3.63, 3.8) is 0 Å². The lowest BCUT2D eigenvalue weighted by atomic mass is 10.2. The Labute approximate surface area is 183 Å². The van der Waals surface area contributed by atoms with Crippen LogP contribution in [0.3, 0.4) is 0 Å². The molecule has 0 fully saturated rings. The van der Waals surface area contributed by atoms with Crippen molar-refractivity contribution in [3.05, 3.63) is 84.9 Å². The Hall–Kier alpha value is -3.26. The van der Waals surface area contributed by atoms with E-state index in [-0.39, 0.29) is 18.9 Å². The van der Waals surface area contributed by atoms with Crippen molar-refractivity contribution in [1.82, 2.24) is 18.7 Å². The van der Waals surface area contributed by atoms with Gasteiger partial charge in [0.1, 0.15) is 0 Å². The number of aromatic nitrogens is 4. The normalized spacial score (nSPS) is 11.3. The van der Waals surface area contributed by atoms with Gasteiger partial charge in [0.05, 0.1) is 24.3 Å². The van der Waals surface area contributed by atoms with Gasteiger partial charge in [-0.2, -0.15) is 0 Å². The number of ketones is 1. The minimum absolute atomic E-state index is 0.248. The van der Waals surface area contributed by atoms with E-state index in [1.807, 2.05) is 43.3 Å². The molecule has 0 saturated carbocycles. The molecule has 0 spiro atoms. The number of rotatable bonds is 8. The molecule has 0 unspecified atom stereocenters. The molecule has 0 aliphatic rings. The minimum Gasteiger partial charge on any atom is -0.325 e. The van der Waals surface area contributed by atoms with E-state index in [0.717, 1.165) is 27.8 Å². The van der Waals surface area contributed by atoms with Crippen LogP contribution >= 0.6 is 11.3 Å². The summed E-state index contributed by atoms with van der Waals surface area (Å²) in [7, 11) is 0. The quantitative estimate of drug-likeness (QED) is 0.396. The summed E-state index contributed by atoms with van der Waals surface area (Å²) < 4.78 is 4.33. The van der Waals surface area contributed by atoms with Gasteiger partial charge in [-0.15, -0.1) is 11.3 Å². The van der Waals surface area contributed by atoms with Gasteiger partial charge < -0.3 is 4.57 Å². The third kappa shape index (κ3) is 4.16. The molecule has 7 nitrogen and oxygen atoms in total. The number of thiophene rings is 1. The molecule has 0 saturated heterocycles. The van der Waals surface area contributed by atoms with Gasteiger partial charge in [-0.3, -0.25) is 18.7 Å². The van der Waals surface area contributed by atoms with Gasteiger partial charge in [-0.1, -0.05) is 43.7 Å². The van der Waals surface area contributed by atoms with Crippen LogP contribution in [0.25, 0.3) is 11.2 Å². The molecular weight excluding hydrogens is 412 g/mol. The van der Waals surface area contributed by atoms with Gasteiger partial charge in [0, 0.05) is 11.4 Å². The Bertz CT molecular complexity index is 1340. The number of aryl methyl sites for hydroxylation is 2. The third-order valence-corrected chi connectivity index (χ3v) is 6.28. The van der Waals surface area contributed by atoms with E-state index in [4.69, 9.17) is 0 Å². The van der Waals surface area contributed by atoms with Crippen LogP contribution in [0.2, 0.25) is 0 Å². The van der Waals surface area contributed by atoms with Crippen LogP contribution in [0.5, 0.6) is 0 Å². The summed E-state index contributed by atoms with van der Waals surface area (Å²) in [6.07, 6.45) is 3.46. The monoisotopic (exact) mass is 436 g/mol. The second kappa shape index (κ2) is 8.85. The largest absolute Gasteiger partial charge is 0.333 e. The Morgan fingerprint density at radius 3 is 2.52 bits per heavy atom. The Morgan fingerprint density at radius 2 is 1.84 bits per heavy atom. The standard InChI is InChI=1S/C23H24N4O3S/c1-3-4-12-25-15-24-21-20(25)22(29)27(14-18(28)19-11-10-16(2)31-19)23(30)26(21)13-17-8-6-5-7-9-17/h5-11,15H,3-4,12-14H2,1-2H3. The first kappa shape index (κ1) is 21.0. The second-order valence-corrected chi connectivity index (χ2v) is 8.83. The summed E-state index contributed by atoms with van der Waals surface area (Å²) >= 11 is 1.36. The van der Waals surface area contributed by atoms with Gasteiger partial charge in [0.25, 0.3) is 5.56 Å². The van der Waals surface area contributed by atoms with Crippen LogP contribution in [0.1, 0.15) is 39.9 Å². The molecule has 160 valence electrons. The fraction of sp³-hybridized carbons (Fsp3) is 0.304. The molecule has 0 amide bonds. The molecule has 4 aromatic rings. The van der Waals surface area contributed by atoms with Gasteiger partial charge >= 0.3 is 5.69 Å². The molecule has 0 aliphatic carbocycles. The molecule has 0 radical (unpaired) electrons. The van der Waals surface area contributed by atoms with E-state index in [1.54, 1.807) is 17.0 Å². The van der Waals surface area contributed by atoms with E-state index < -0.39 is 11.2 Å². The number of carbonyl (C=O) groups excluding carboxylic acids is 1. The predicted octanol–water partition coefficient (Wildman–Crippen LogP) is 3.46. The number of imidazole rings is 1. The van der Waals surface area contributed by atoms with Crippen LogP contribution in [0.4, 0.5) is 0 Å². The molecule has 4 rings (SSSR count). The van der Waals surface area contributed by atoms with Gasteiger partial charge in [-0.05, 0) is 31.0 Å². The van der Waals surface area contributed by atoms with Crippen molar-refractivity contribution in [2.75, 3.05) is 0 Å². The number of benzene rings is 1. The first-order valence-electron chi connectivity index (χ1n) is 10.3. The van der Waals surface area contributed by atoms with Crippen molar-refractivity contribution >= 4 is 28.3 Å². The van der Waals surface area contributed by atoms with Gasteiger partial charge in [0.15, 0.2) is 16.9 Å². The highest BCUT2D eigenvalue weighted by molar-refractivity contribution is 7.14. The Morgan fingerprint density at radius 1 is 1.06 bits per heavy atom. The fourth-order valence-electron chi connectivity index (χ4n) is 3.59. The number of fused-ring (bicyclic) bond motifs is 1. The Kier molecular flexibility index (Phi) is 5.99. The van der Waals surface area contributed by atoms with Crippen LogP contribution < -0.4 is 11.2 Å². The molecular formula is C23H24N4O3S. The number of nitrogens with zero attached hydrogens (tertiary/aromatic N) is 4. The zero-order valence-corrected chi connectivity index (χ0v) is 18.4. The van der Waals surface area contributed by atoms with Crippen molar-refractivity contribution in [2.45, 2.75) is 46.3 Å². The number of unbranched alkanes of at least 4 members (excludes halogenated alkanes) is 1. The third-order valence-electron chi connectivity index (χ3n) is 5.24. The highest BCUT2D eigenvalue weighted by atomic mass is 32.1. The maximum atomic E-state index is 13.3. The highest BCUT2D eigenvalue weighted by Crippen LogP contribution is 2.16. The van der Waals surface area contributed by atoms with Gasteiger partial charge in [0.2, 0.25) is 0 Å². The lowest BCUT2D eigenvalue weighted by molar-refractivity contribution is 0.0972. The maximum absolute atomic E-state index is 13.3. The smallest absolute Gasteiger partial charge is 0.325 e. The average Bonchev–Trinajstić information content (AvgIpc) is 3.40. The lowest BCUT2D eigenvalue weighted by Gasteiger charge is -2.12. The zero-order valence-electron chi connectivity index (χ0n) is 17.6. The molecule has 1 aromatic carbocycles. The van der Waals surface area contributed by atoms with E-state index in [0.29, 0.717) is 22.6 Å². The predicted molar refractivity (Wildman–Crippen MR) is 122 cm³/mol. The van der Waals surface area contributed by atoms with Crippen molar-refractivity contribution in [3.8, 4) is 0 Å². The average molecular weight is 437 g/mol. The highest BCUT2D eigenvalue weighted by Gasteiger charge is 2.20. The fourth-order valence-corrected chi connectivity index (χ4v) is 4.39. The van der Waals surface area contributed by atoms with Crippen molar-refractivity contribution < 1.29 is 4.79 Å². The molecule has 3 heterocycles. The summed E-state index contributed by atoms with van der Waals surface area (Å²) in [5, 5.41) is 0. The van der Waals surface area contributed by atoms with Crippen molar-refractivity contribution in [2.24, 2.45) is 0 Å². The molecule has 0 N–H and O–H groups in total. The molecule has 0 aliphatic heterocycles. The SMILES string of the molecule is CCCCn1cnc2c1c(=O)n(CC(=O)c1ccc(C)s1)c(=O)n2Cc1ccccc1. The summed E-state index contributed by atoms with van der Waals surface area (Å²) in [4.78, 5) is 45.4. The first-order valence-corrected chi connectivity index (χ1v) is 11.1. The van der Waals surface area contributed by atoms with Crippen LogP contribution in [-0.4, -0.2) is 24.5 Å². The zero-order chi connectivity index (χ0) is 22.0. The second-order valence-electron chi connectivity index (χ2n) is 7.54. The molecule has 0 bridgehead atoms. The van der Waals surface area contributed by atoms with Crippen LogP contribution in [0.15, 0.2) is 58.4 Å². The van der Waals surface area contributed by atoms with Gasteiger partial charge in [-0.25, -0.2) is 9.78 Å². The lowest BCUT2D eigenvalue weighted by Crippen LogP contribution is -2.42. The molecule has 0 atom stereocenters. The van der Waals surface area contributed by atoms with E-state index in [2.05, 4.69) is 11.9 Å². The molecule has 3 aromatic heterocycles. The van der Waals surface area contributed by atoms with E-state index in [1.165, 1.54) is 15.9 Å². The van der Waals surface area contributed by atoms with Crippen LogP contribution in [-0.2, 0) is 19.6 Å². The summed E-state index contributed by atoms with van der Waals surface area (Å²) in [6, 6.07) is 13.1. The van der Waals surface area contributed by atoms with E-state index in [9.17, 15) is 14.4 Å². The topological polar surface area (TPSA) is 78.9 Å².